The van der Waals surface area contributed by atoms with Crippen LogP contribution in [-0.2, 0) is 9.53 Å². The van der Waals surface area contributed by atoms with Gasteiger partial charge in [-0.1, -0.05) is 70.1 Å². The summed E-state index contributed by atoms with van der Waals surface area (Å²) in [6, 6.07) is 0. The fourth-order valence-corrected chi connectivity index (χ4v) is 3.47. The Hall–Kier alpha value is -1.31. The Morgan fingerprint density at radius 3 is 2.36 bits per heavy atom. The average Bonchev–Trinajstić information content (AvgIpc) is 2.48. The first-order chi connectivity index (χ1) is 11.6. The molecular formula is C23H38O2. The summed E-state index contributed by atoms with van der Waals surface area (Å²) in [4.78, 5) is 12.3. The molecule has 0 spiro atoms. The van der Waals surface area contributed by atoms with Crippen molar-refractivity contribution in [1.29, 1.82) is 0 Å². The molecule has 1 aliphatic heterocycles. The van der Waals surface area contributed by atoms with E-state index in [9.17, 15) is 4.79 Å². The van der Waals surface area contributed by atoms with Crippen LogP contribution in [0.15, 0.2) is 35.5 Å². The highest BCUT2D eigenvalue weighted by atomic mass is 16.5. The van der Waals surface area contributed by atoms with E-state index in [1.165, 1.54) is 11.1 Å². The molecule has 1 aliphatic rings. The Labute approximate surface area is 155 Å². The van der Waals surface area contributed by atoms with Gasteiger partial charge in [0.05, 0.1) is 0 Å². The number of carbonyl (C=O) groups excluding carboxylic acids is 1. The molecule has 2 nitrogen and oxygen atoms in total. The van der Waals surface area contributed by atoms with Crippen molar-refractivity contribution in [2.24, 2.45) is 17.3 Å². The SMILES string of the molecule is C/C1=C\[C@@H](C)C/C=C/[C@@H](C)C(C(C)(C)C)OC(=O)CC/C(C)=C/CC1. The second kappa shape index (κ2) is 9.99. The molecule has 0 aromatic carbocycles. The van der Waals surface area contributed by atoms with Crippen LogP contribution in [0.1, 0.15) is 80.6 Å². The molecule has 0 saturated heterocycles. The molecule has 1 rings (SSSR count). The van der Waals surface area contributed by atoms with Crippen LogP contribution in [0.4, 0.5) is 0 Å². The Morgan fingerprint density at radius 1 is 1.04 bits per heavy atom. The van der Waals surface area contributed by atoms with Gasteiger partial charge in [0.2, 0.25) is 0 Å². The predicted molar refractivity (Wildman–Crippen MR) is 107 cm³/mol. The van der Waals surface area contributed by atoms with Gasteiger partial charge in [-0.25, -0.2) is 0 Å². The minimum atomic E-state index is -0.0963. The van der Waals surface area contributed by atoms with Crippen molar-refractivity contribution < 1.29 is 9.53 Å². The first-order valence-corrected chi connectivity index (χ1v) is 9.78. The lowest BCUT2D eigenvalue weighted by Gasteiger charge is -2.33. The van der Waals surface area contributed by atoms with E-state index in [1.807, 2.05) is 0 Å². The molecule has 3 atom stereocenters. The summed E-state index contributed by atoms with van der Waals surface area (Å²) in [5.41, 5.74) is 2.67. The maximum absolute atomic E-state index is 12.3. The molecule has 0 aromatic heterocycles. The molecule has 25 heavy (non-hydrogen) atoms. The summed E-state index contributed by atoms with van der Waals surface area (Å²) >= 11 is 0. The number of carbonyl (C=O) groups is 1. The van der Waals surface area contributed by atoms with E-state index in [0.717, 1.165) is 25.7 Å². The lowest BCUT2D eigenvalue weighted by Crippen LogP contribution is -2.36. The van der Waals surface area contributed by atoms with E-state index in [2.05, 4.69) is 72.8 Å². The van der Waals surface area contributed by atoms with Gasteiger partial charge >= 0.3 is 5.97 Å². The molecule has 0 bridgehead atoms. The maximum Gasteiger partial charge on any atom is 0.306 e. The first-order valence-electron chi connectivity index (χ1n) is 9.78. The molecular weight excluding hydrogens is 308 g/mol. The summed E-state index contributed by atoms with van der Waals surface area (Å²) in [5, 5.41) is 0. The standard InChI is InChI=1S/C23H38O2/c1-17-10-8-11-18(2)16-19(3)12-9-13-20(4)22(23(5,6)7)25-21(24)15-14-17/h9-10,13,16,19-20,22H,8,11-12,14-15H2,1-7H3/b13-9+,17-10+,18-16+/t19-,20+,22?/m0/s1. The zero-order chi connectivity index (χ0) is 19.0. The van der Waals surface area contributed by atoms with E-state index in [-0.39, 0.29) is 23.4 Å². The molecule has 1 unspecified atom stereocenters. The van der Waals surface area contributed by atoms with E-state index in [4.69, 9.17) is 4.74 Å². The molecule has 0 amide bonds. The third-order valence-corrected chi connectivity index (χ3v) is 4.86. The van der Waals surface area contributed by atoms with Gasteiger partial charge in [0, 0.05) is 12.3 Å². The van der Waals surface area contributed by atoms with Crippen LogP contribution in [0.25, 0.3) is 0 Å². The zero-order valence-corrected chi connectivity index (χ0v) is 17.4. The molecule has 0 saturated carbocycles. The highest BCUT2D eigenvalue weighted by Crippen LogP contribution is 2.30. The minimum Gasteiger partial charge on any atom is -0.461 e. The van der Waals surface area contributed by atoms with Crippen LogP contribution < -0.4 is 0 Å². The van der Waals surface area contributed by atoms with Crippen molar-refractivity contribution in [2.75, 3.05) is 0 Å². The van der Waals surface area contributed by atoms with Crippen LogP contribution >= 0.6 is 0 Å². The van der Waals surface area contributed by atoms with E-state index in [1.54, 1.807) is 0 Å². The third-order valence-electron chi connectivity index (χ3n) is 4.86. The smallest absolute Gasteiger partial charge is 0.306 e. The summed E-state index contributed by atoms with van der Waals surface area (Å²) in [5.74, 6) is 0.673. The molecule has 0 fully saturated rings. The molecule has 0 aliphatic carbocycles. The Bertz CT molecular complexity index is 517. The quantitative estimate of drug-likeness (QED) is 0.363. The predicted octanol–water partition coefficient (Wildman–Crippen LogP) is 6.63. The summed E-state index contributed by atoms with van der Waals surface area (Å²) in [7, 11) is 0. The van der Waals surface area contributed by atoms with Crippen LogP contribution in [-0.4, -0.2) is 12.1 Å². The third kappa shape index (κ3) is 8.56. The first kappa shape index (κ1) is 21.7. The monoisotopic (exact) mass is 346 g/mol. The zero-order valence-electron chi connectivity index (χ0n) is 17.4. The molecule has 0 N–H and O–H groups in total. The van der Waals surface area contributed by atoms with Crippen molar-refractivity contribution in [2.45, 2.75) is 86.7 Å². The van der Waals surface area contributed by atoms with E-state index >= 15 is 0 Å². The van der Waals surface area contributed by atoms with Crippen molar-refractivity contribution in [3.63, 3.8) is 0 Å². The number of hydrogen-bond acceptors (Lipinski definition) is 2. The fraction of sp³-hybridized carbons (Fsp3) is 0.696. The van der Waals surface area contributed by atoms with Gasteiger partial charge in [0.1, 0.15) is 6.10 Å². The molecule has 0 radical (unpaired) electrons. The Kier molecular flexibility index (Phi) is 8.68. The second-order valence-electron chi connectivity index (χ2n) is 8.88. The van der Waals surface area contributed by atoms with Gasteiger partial charge in [-0.05, 0) is 50.9 Å². The normalized spacial score (nSPS) is 33.6. The average molecular weight is 347 g/mol. The van der Waals surface area contributed by atoms with Gasteiger partial charge in [-0.2, -0.15) is 0 Å². The van der Waals surface area contributed by atoms with Gasteiger partial charge in [-0.3, -0.25) is 4.79 Å². The Morgan fingerprint density at radius 2 is 1.72 bits per heavy atom. The van der Waals surface area contributed by atoms with Gasteiger partial charge < -0.3 is 4.74 Å². The highest BCUT2D eigenvalue weighted by Gasteiger charge is 2.32. The van der Waals surface area contributed by atoms with Crippen LogP contribution in [0.3, 0.4) is 0 Å². The number of allylic oxidation sites excluding steroid dienone is 5. The maximum atomic E-state index is 12.3. The minimum absolute atomic E-state index is 0.0716. The number of cyclic esters (lactones) is 1. The van der Waals surface area contributed by atoms with Crippen LogP contribution in [0.5, 0.6) is 0 Å². The fourth-order valence-electron chi connectivity index (χ4n) is 3.47. The second-order valence-corrected chi connectivity index (χ2v) is 8.88. The van der Waals surface area contributed by atoms with Crippen molar-refractivity contribution in [1.82, 2.24) is 0 Å². The van der Waals surface area contributed by atoms with Crippen molar-refractivity contribution >= 4 is 5.97 Å². The summed E-state index contributed by atoms with van der Waals surface area (Å²) < 4.78 is 5.89. The molecule has 0 aromatic rings. The number of hydrogen-bond donors (Lipinski definition) is 0. The number of ether oxygens (including phenoxy) is 1. The van der Waals surface area contributed by atoms with E-state index in [0.29, 0.717) is 12.3 Å². The molecule has 2 heteroatoms. The largest absolute Gasteiger partial charge is 0.461 e. The lowest BCUT2D eigenvalue weighted by molar-refractivity contribution is -0.157. The molecule has 1 heterocycles. The van der Waals surface area contributed by atoms with Crippen molar-refractivity contribution in [3.05, 3.63) is 35.5 Å². The number of rotatable bonds is 0. The van der Waals surface area contributed by atoms with E-state index < -0.39 is 0 Å². The van der Waals surface area contributed by atoms with Gasteiger partial charge in [0.25, 0.3) is 0 Å². The van der Waals surface area contributed by atoms with Gasteiger partial charge in [0.15, 0.2) is 0 Å². The van der Waals surface area contributed by atoms with Crippen molar-refractivity contribution in [3.8, 4) is 0 Å². The summed E-state index contributed by atoms with van der Waals surface area (Å²) in [6.45, 7) is 15.2. The summed E-state index contributed by atoms with van der Waals surface area (Å²) in [6.07, 6.45) is 13.5. The topological polar surface area (TPSA) is 26.3 Å². The number of esters is 1. The lowest BCUT2D eigenvalue weighted by atomic mass is 9.81. The highest BCUT2D eigenvalue weighted by molar-refractivity contribution is 5.70. The molecule has 142 valence electrons. The van der Waals surface area contributed by atoms with Crippen LogP contribution in [0.2, 0.25) is 0 Å². The van der Waals surface area contributed by atoms with Gasteiger partial charge in [-0.15, -0.1) is 0 Å². The Balaban J connectivity index is 2.98. The van der Waals surface area contributed by atoms with Crippen LogP contribution in [0, 0.1) is 17.3 Å².